The number of piperazine rings is 1. The monoisotopic (exact) mass is 280 g/mol. The molecule has 19 heavy (non-hydrogen) atoms. The second-order valence-electron chi connectivity index (χ2n) is 5.08. The smallest absolute Gasteiger partial charge is 0.242 e. The van der Waals surface area contributed by atoms with Gasteiger partial charge >= 0.3 is 0 Å². The lowest BCUT2D eigenvalue weighted by molar-refractivity contribution is -0.146. The number of hydrogen-bond acceptors (Lipinski definition) is 3. The van der Waals surface area contributed by atoms with Gasteiger partial charge in [-0.25, -0.2) is 0 Å². The summed E-state index contributed by atoms with van der Waals surface area (Å²) in [7, 11) is 0. The lowest BCUT2D eigenvalue weighted by Crippen LogP contribution is -2.54. The maximum Gasteiger partial charge on any atom is 0.242 e. The van der Waals surface area contributed by atoms with Crippen molar-refractivity contribution in [1.82, 2.24) is 9.80 Å². The molecule has 2 amide bonds. The number of carbonyl (C=O) groups is 2. The zero-order chi connectivity index (χ0) is 13.8. The van der Waals surface area contributed by atoms with E-state index in [1.165, 1.54) is 4.88 Å². The molecule has 1 aromatic heterocycles. The fraction of sp³-hybridized carbons (Fsp3) is 0.571. The number of carbonyl (C=O) groups excluding carboxylic acids is 2. The van der Waals surface area contributed by atoms with Crippen LogP contribution in [0.4, 0.5) is 0 Å². The van der Waals surface area contributed by atoms with Crippen LogP contribution in [0.5, 0.6) is 0 Å². The molecule has 0 N–H and O–H groups in total. The molecule has 0 bridgehead atoms. The Labute approximate surface area is 118 Å². The summed E-state index contributed by atoms with van der Waals surface area (Å²) in [6.45, 7) is 5.56. The summed E-state index contributed by atoms with van der Waals surface area (Å²) in [5.74, 6) is 0.149. The van der Waals surface area contributed by atoms with Crippen LogP contribution in [0.3, 0.4) is 0 Å². The summed E-state index contributed by atoms with van der Waals surface area (Å²) in [6, 6.07) is 4.26. The summed E-state index contributed by atoms with van der Waals surface area (Å²) in [5.41, 5.74) is 0. The van der Waals surface area contributed by atoms with E-state index >= 15 is 0 Å². The summed E-state index contributed by atoms with van der Waals surface area (Å²) in [5, 5.41) is 2.02. The number of nitrogens with zero attached hydrogens (tertiary/aromatic N) is 2. The fourth-order valence-corrected chi connectivity index (χ4v) is 3.00. The Morgan fingerprint density at radius 2 is 2.21 bits per heavy atom. The van der Waals surface area contributed by atoms with Crippen LogP contribution in [0, 0.1) is 0 Å². The van der Waals surface area contributed by atoms with E-state index in [2.05, 4.69) is 0 Å². The minimum Gasteiger partial charge on any atom is -0.337 e. The third kappa shape index (κ3) is 3.56. The van der Waals surface area contributed by atoms with E-state index in [4.69, 9.17) is 0 Å². The first-order chi connectivity index (χ1) is 9.08. The van der Waals surface area contributed by atoms with E-state index < -0.39 is 0 Å². The summed E-state index contributed by atoms with van der Waals surface area (Å²) in [6.07, 6.45) is 1.27. The van der Waals surface area contributed by atoms with Gasteiger partial charge in [0.1, 0.15) is 0 Å². The molecule has 1 aliphatic rings. The van der Waals surface area contributed by atoms with Gasteiger partial charge in [-0.05, 0) is 31.7 Å². The molecule has 5 heteroatoms. The van der Waals surface area contributed by atoms with Gasteiger partial charge in [-0.3, -0.25) is 9.59 Å². The van der Waals surface area contributed by atoms with Crippen LogP contribution in [0.15, 0.2) is 17.5 Å². The molecule has 1 fully saturated rings. The van der Waals surface area contributed by atoms with Gasteiger partial charge in [0.05, 0.1) is 6.54 Å². The van der Waals surface area contributed by atoms with Crippen molar-refractivity contribution >= 4 is 23.2 Å². The molecule has 0 unspecified atom stereocenters. The lowest BCUT2D eigenvalue weighted by atomic mass is 10.2. The van der Waals surface area contributed by atoms with Crippen LogP contribution >= 0.6 is 11.3 Å². The normalized spacial score (nSPS) is 16.3. The molecule has 0 aromatic carbocycles. The van der Waals surface area contributed by atoms with Crippen molar-refractivity contribution in [3.63, 3.8) is 0 Å². The van der Waals surface area contributed by atoms with Gasteiger partial charge in [0, 0.05) is 30.4 Å². The van der Waals surface area contributed by atoms with E-state index in [0.29, 0.717) is 19.5 Å². The molecule has 2 heterocycles. The van der Waals surface area contributed by atoms with Gasteiger partial charge in [0.25, 0.3) is 0 Å². The molecule has 0 radical (unpaired) electrons. The first kappa shape index (κ1) is 14.1. The summed E-state index contributed by atoms with van der Waals surface area (Å²) in [4.78, 5) is 28.7. The molecule has 0 spiro atoms. The third-order valence-corrected chi connectivity index (χ3v) is 4.33. The van der Waals surface area contributed by atoms with E-state index in [1.807, 2.05) is 36.3 Å². The van der Waals surface area contributed by atoms with E-state index in [1.54, 1.807) is 16.2 Å². The molecule has 1 aliphatic heterocycles. The standard InChI is InChI=1S/C14H20N2O2S/c1-11(2)16-8-7-15(10-14(16)18)13(17)6-5-12-4-3-9-19-12/h3-4,9,11H,5-8,10H2,1-2H3. The topological polar surface area (TPSA) is 40.6 Å². The molecule has 0 aliphatic carbocycles. The predicted octanol–water partition coefficient (Wildman–Crippen LogP) is 1.76. The van der Waals surface area contributed by atoms with E-state index in [0.717, 1.165) is 6.42 Å². The summed E-state index contributed by atoms with van der Waals surface area (Å²) < 4.78 is 0. The molecule has 1 aromatic rings. The third-order valence-electron chi connectivity index (χ3n) is 3.40. The van der Waals surface area contributed by atoms with Crippen LogP contribution < -0.4 is 0 Å². The van der Waals surface area contributed by atoms with Crippen molar-refractivity contribution in [2.24, 2.45) is 0 Å². The highest BCUT2D eigenvalue weighted by molar-refractivity contribution is 7.09. The average molecular weight is 280 g/mol. The number of rotatable bonds is 4. The zero-order valence-corrected chi connectivity index (χ0v) is 12.3. The summed E-state index contributed by atoms with van der Waals surface area (Å²) >= 11 is 1.67. The first-order valence-electron chi connectivity index (χ1n) is 6.67. The lowest BCUT2D eigenvalue weighted by Gasteiger charge is -2.36. The van der Waals surface area contributed by atoms with E-state index in [-0.39, 0.29) is 24.4 Å². The van der Waals surface area contributed by atoms with Gasteiger partial charge in [-0.2, -0.15) is 0 Å². The van der Waals surface area contributed by atoms with Gasteiger partial charge in [0.15, 0.2) is 0 Å². The minimum absolute atomic E-state index is 0.0609. The Balaban J connectivity index is 1.83. The van der Waals surface area contributed by atoms with Gasteiger partial charge in [0.2, 0.25) is 11.8 Å². The van der Waals surface area contributed by atoms with Crippen LogP contribution in [0.1, 0.15) is 25.1 Å². The number of aryl methyl sites for hydroxylation is 1. The van der Waals surface area contributed by atoms with Crippen molar-refractivity contribution in [2.45, 2.75) is 32.7 Å². The van der Waals surface area contributed by atoms with Gasteiger partial charge in [-0.15, -0.1) is 11.3 Å². The number of hydrogen-bond donors (Lipinski definition) is 0. The highest BCUT2D eigenvalue weighted by Crippen LogP contribution is 2.13. The van der Waals surface area contributed by atoms with Crippen molar-refractivity contribution < 1.29 is 9.59 Å². The highest BCUT2D eigenvalue weighted by atomic mass is 32.1. The zero-order valence-electron chi connectivity index (χ0n) is 11.5. The highest BCUT2D eigenvalue weighted by Gasteiger charge is 2.27. The largest absolute Gasteiger partial charge is 0.337 e. The van der Waals surface area contributed by atoms with Crippen LogP contribution in [-0.2, 0) is 16.0 Å². The second-order valence-corrected chi connectivity index (χ2v) is 6.11. The SMILES string of the molecule is CC(C)N1CCN(C(=O)CCc2cccs2)CC1=O. The predicted molar refractivity (Wildman–Crippen MR) is 76.1 cm³/mol. The number of thiophene rings is 1. The second kappa shape index (κ2) is 6.19. The van der Waals surface area contributed by atoms with E-state index in [9.17, 15) is 9.59 Å². The molecule has 0 atom stereocenters. The first-order valence-corrected chi connectivity index (χ1v) is 7.55. The van der Waals surface area contributed by atoms with Gasteiger partial charge < -0.3 is 9.80 Å². The fourth-order valence-electron chi connectivity index (χ4n) is 2.29. The number of amides is 2. The minimum atomic E-state index is 0.0609. The van der Waals surface area contributed by atoms with Crippen molar-refractivity contribution in [1.29, 1.82) is 0 Å². The maximum absolute atomic E-state index is 12.1. The molecule has 104 valence electrons. The van der Waals surface area contributed by atoms with Crippen molar-refractivity contribution in [3.05, 3.63) is 22.4 Å². The Morgan fingerprint density at radius 3 is 2.79 bits per heavy atom. The maximum atomic E-state index is 12.1. The Morgan fingerprint density at radius 1 is 1.42 bits per heavy atom. The molecule has 1 saturated heterocycles. The Kier molecular flexibility index (Phi) is 4.58. The molecule has 4 nitrogen and oxygen atoms in total. The van der Waals surface area contributed by atoms with Crippen molar-refractivity contribution in [3.8, 4) is 0 Å². The Hall–Kier alpha value is -1.36. The molecular weight excluding hydrogens is 260 g/mol. The van der Waals surface area contributed by atoms with Crippen LogP contribution in [-0.4, -0.2) is 47.3 Å². The molecule has 2 rings (SSSR count). The van der Waals surface area contributed by atoms with Crippen LogP contribution in [0.25, 0.3) is 0 Å². The van der Waals surface area contributed by atoms with Crippen molar-refractivity contribution in [2.75, 3.05) is 19.6 Å². The quantitative estimate of drug-likeness (QED) is 0.843. The average Bonchev–Trinajstić information content (AvgIpc) is 2.88. The Bertz CT molecular complexity index is 442. The molecular formula is C14H20N2O2S. The molecule has 0 saturated carbocycles. The van der Waals surface area contributed by atoms with Gasteiger partial charge in [-0.1, -0.05) is 6.07 Å². The van der Waals surface area contributed by atoms with Crippen LogP contribution in [0.2, 0.25) is 0 Å².